The third kappa shape index (κ3) is 3.80. The Hall–Kier alpha value is -1.83. The molecular weight excluding hydrogens is 309 g/mol. The van der Waals surface area contributed by atoms with E-state index in [4.69, 9.17) is 0 Å². The minimum absolute atomic E-state index is 0.346. The third-order valence-corrected chi connectivity index (χ3v) is 4.71. The van der Waals surface area contributed by atoms with Crippen molar-refractivity contribution in [1.29, 1.82) is 0 Å². The highest BCUT2D eigenvalue weighted by Gasteiger charge is 2.22. The number of nitrogens with zero attached hydrogens (tertiary/aromatic N) is 5. The molecule has 2 aromatic rings. The van der Waals surface area contributed by atoms with Crippen molar-refractivity contribution in [1.82, 2.24) is 24.6 Å². The molecule has 0 saturated carbocycles. The van der Waals surface area contributed by atoms with Gasteiger partial charge in [-0.15, -0.1) is 10.2 Å². The molecule has 1 saturated heterocycles. The average molecular weight is 333 g/mol. The Bertz CT molecular complexity index is 681. The van der Waals surface area contributed by atoms with Gasteiger partial charge in [0.2, 0.25) is 0 Å². The standard InChI is InChI=1S/C17H24FN5O/c1-13-19-20-17(21(13)2)12-23-9-7-22(8-10-23)11-16(24)14-5-3-4-6-15(14)18/h3-6,16,24H,7-12H2,1-2H3/t16-/m0/s1. The zero-order valence-electron chi connectivity index (χ0n) is 14.2. The lowest BCUT2D eigenvalue weighted by Gasteiger charge is -2.35. The molecule has 130 valence electrons. The predicted molar refractivity (Wildman–Crippen MR) is 88.8 cm³/mol. The highest BCUT2D eigenvalue weighted by Crippen LogP contribution is 2.18. The second-order valence-electron chi connectivity index (χ2n) is 6.34. The van der Waals surface area contributed by atoms with E-state index in [9.17, 15) is 9.50 Å². The van der Waals surface area contributed by atoms with Crippen LogP contribution in [0.15, 0.2) is 24.3 Å². The summed E-state index contributed by atoms with van der Waals surface area (Å²) in [4.78, 5) is 4.50. The van der Waals surface area contributed by atoms with Gasteiger partial charge in [0.25, 0.3) is 0 Å². The van der Waals surface area contributed by atoms with Crippen LogP contribution in [0.4, 0.5) is 4.39 Å². The van der Waals surface area contributed by atoms with Crippen molar-refractivity contribution in [2.45, 2.75) is 19.6 Å². The Labute approximate surface area is 141 Å². The summed E-state index contributed by atoms with van der Waals surface area (Å²) in [5, 5.41) is 18.6. The molecule has 1 aromatic heterocycles. The van der Waals surface area contributed by atoms with E-state index in [1.165, 1.54) is 6.07 Å². The van der Waals surface area contributed by atoms with E-state index in [1.54, 1.807) is 18.2 Å². The van der Waals surface area contributed by atoms with E-state index < -0.39 is 6.10 Å². The highest BCUT2D eigenvalue weighted by molar-refractivity contribution is 5.20. The topological polar surface area (TPSA) is 57.4 Å². The summed E-state index contributed by atoms with van der Waals surface area (Å²) in [5.74, 6) is 1.53. The van der Waals surface area contributed by atoms with Crippen molar-refractivity contribution >= 4 is 0 Å². The van der Waals surface area contributed by atoms with Gasteiger partial charge in [0, 0.05) is 45.3 Å². The van der Waals surface area contributed by atoms with Crippen LogP contribution in [0.1, 0.15) is 23.3 Å². The lowest BCUT2D eigenvalue weighted by molar-refractivity contribution is 0.0673. The SMILES string of the molecule is Cc1nnc(CN2CCN(C[C@H](O)c3ccccc3F)CC2)n1C. The van der Waals surface area contributed by atoms with Gasteiger partial charge in [-0.3, -0.25) is 9.80 Å². The molecule has 0 bridgehead atoms. The number of aliphatic hydroxyl groups is 1. The van der Waals surface area contributed by atoms with Gasteiger partial charge in [-0.25, -0.2) is 4.39 Å². The number of hydrogen-bond donors (Lipinski definition) is 1. The van der Waals surface area contributed by atoms with E-state index in [1.807, 2.05) is 18.5 Å². The molecule has 1 fully saturated rings. The largest absolute Gasteiger partial charge is 0.387 e. The van der Waals surface area contributed by atoms with Gasteiger partial charge in [0.05, 0.1) is 12.6 Å². The number of β-amino-alcohol motifs (C(OH)–C–C–N with tert-alkyl or cyclic N) is 1. The molecule has 24 heavy (non-hydrogen) atoms. The summed E-state index contributed by atoms with van der Waals surface area (Å²) in [6, 6.07) is 6.42. The number of aliphatic hydroxyl groups excluding tert-OH is 1. The maximum absolute atomic E-state index is 13.7. The average Bonchev–Trinajstić information content (AvgIpc) is 2.89. The normalized spacial score (nSPS) is 18.0. The van der Waals surface area contributed by atoms with Crippen molar-refractivity contribution < 1.29 is 9.50 Å². The lowest BCUT2D eigenvalue weighted by Crippen LogP contribution is -2.47. The van der Waals surface area contributed by atoms with Gasteiger partial charge >= 0.3 is 0 Å². The number of aryl methyl sites for hydroxylation is 1. The van der Waals surface area contributed by atoms with E-state index in [2.05, 4.69) is 20.0 Å². The van der Waals surface area contributed by atoms with Crippen molar-refractivity contribution in [2.24, 2.45) is 7.05 Å². The summed E-state index contributed by atoms with van der Waals surface area (Å²) < 4.78 is 15.7. The second-order valence-corrected chi connectivity index (χ2v) is 6.34. The number of benzene rings is 1. The molecular formula is C17H24FN5O. The fourth-order valence-corrected chi connectivity index (χ4v) is 3.01. The van der Waals surface area contributed by atoms with Crippen LogP contribution in [-0.2, 0) is 13.6 Å². The number of piperazine rings is 1. The van der Waals surface area contributed by atoms with Gasteiger partial charge in [-0.2, -0.15) is 0 Å². The lowest BCUT2D eigenvalue weighted by atomic mass is 10.1. The van der Waals surface area contributed by atoms with Crippen LogP contribution >= 0.6 is 0 Å². The van der Waals surface area contributed by atoms with E-state index in [0.717, 1.165) is 44.4 Å². The maximum Gasteiger partial charge on any atom is 0.146 e. The Balaban J connectivity index is 1.50. The summed E-state index contributed by atoms with van der Waals surface area (Å²) in [6.07, 6.45) is -0.792. The molecule has 0 amide bonds. The number of hydrogen-bond acceptors (Lipinski definition) is 5. The number of halogens is 1. The van der Waals surface area contributed by atoms with Gasteiger partial charge in [0.15, 0.2) is 0 Å². The molecule has 1 N–H and O–H groups in total. The molecule has 1 aromatic carbocycles. The van der Waals surface area contributed by atoms with E-state index >= 15 is 0 Å². The molecule has 7 heteroatoms. The van der Waals surface area contributed by atoms with Crippen LogP contribution < -0.4 is 0 Å². The van der Waals surface area contributed by atoms with Crippen molar-refractivity contribution in [2.75, 3.05) is 32.7 Å². The van der Waals surface area contributed by atoms with Crippen LogP contribution in [-0.4, -0.2) is 62.4 Å². The summed E-state index contributed by atoms with van der Waals surface area (Å²) in [6.45, 7) is 6.67. The van der Waals surface area contributed by atoms with Crippen molar-refractivity contribution in [3.05, 3.63) is 47.3 Å². The molecule has 0 spiro atoms. The Kier molecular flexibility index (Phi) is 5.23. The first-order valence-electron chi connectivity index (χ1n) is 8.26. The van der Waals surface area contributed by atoms with Gasteiger partial charge in [0.1, 0.15) is 17.5 Å². The molecule has 1 aliphatic heterocycles. The predicted octanol–water partition coefficient (Wildman–Crippen LogP) is 1.11. The Morgan fingerprint density at radius 1 is 1.12 bits per heavy atom. The van der Waals surface area contributed by atoms with Crippen LogP contribution in [0.3, 0.4) is 0 Å². The molecule has 3 rings (SSSR count). The first-order valence-corrected chi connectivity index (χ1v) is 8.26. The van der Waals surface area contributed by atoms with Gasteiger partial charge in [-0.05, 0) is 13.0 Å². The number of aromatic nitrogens is 3. The van der Waals surface area contributed by atoms with E-state index in [-0.39, 0.29) is 5.82 Å². The smallest absolute Gasteiger partial charge is 0.146 e. The third-order valence-electron chi connectivity index (χ3n) is 4.71. The zero-order chi connectivity index (χ0) is 17.1. The van der Waals surface area contributed by atoms with Gasteiger partial charge < -0.3 is 9.67 Å². The quantitative estimate of drug-likeness (QED) is 0.888. The van der Waals surface area contributed by atoms with Crippen LogP contribution in [0.2, 0.25) is 0 Å². The fourth-order valence-electron chi connectivity index (χ4n) is 3.01. The molecule has 0 radical (unpaired) electrons. The first-order chi connectivity index (χ1) is 11.5. The minimum atomic E-state index is -0.792. The Morgan fingerprint density at radius 3 is 2.42 bits per heavy atom. The molecule has 1 atom stereocenters. The monoisotopic (exact) mass is 333 g/mol. The number of rotatable bonds is 5. The fraction of sp³-hybridized carbons (Fsp3) is 0.529. The second kappa shape index (κ2) is 7.38. The first kappa shape index (κ1) is 17.0. The minimum Gasteiger partial charge on any atom is -0.387 e. The van der Waals surface area contributed by atoms with Crippen molar-refractivity contribution in [3.63, 3.8) is 0 Å². The molecule has 1 aliphatic rings. The highest BCUT2D eigenvalue weighted by atomic mass is 19.1. The molecule has 6 nitrogen and oxygen atoms in total. The van der Waals surface area contributed by atoms with Crippen molar-refractivity contribution in [3.8, 4) is 0 Å². The molecule has 0 unspecified atom stereocenters. The van der Waals surface area contributed by atoms with Crippen LogP contribution in [0.5, 0.6) is 0 Å². The summed E-state index contributed by atoms with van der Waals surface area (Å²) in [7, 11) is 1.98. The molecule has 0 aliphatic carbocycles. The van der Waals surface area contributed by atoms with Crippen LogP contribution in [0, 0.1) is 12.7 Å². The van der Waals surface area contributed by atoms with Crippen LogP contribution in [0.25, 0.3) is 0 Å². The zero-order valence-corrected chi connectivity index (χ0v) is 14.2. The Morgan fingerprint density at radius 2 is 1.79 bits per heavy atom. The molecule has 2 heterocycles. The van der Waals surface area contributed by atoms with Gasteiger partial charge in [-0.1, -0.05) is 18.2 Å². The maximum atomic E-state index is 13.7. The summed E-state index contributed by atoms with van der Waals surface area (Å²) >= 11 is 0. The van der Waals surface area contributed by atoms with E-state index in [0.29, 0.717) is 12.1 Å². The summed E-state index contributed by atoms with van der Waals surface area (Å²) in [5.41, 5.74) is 0.370.